The topological polar surface area (TPSA) is 114 Å². The molecule has 3 heterocycles. The lowest BCUT2D eigenvalue weighted by atomic mass is 10.1. The molecule has 9 heteroatoms. The summed E-state index contributed by atoms with van der Waals surface area (Å²) in [7, 11) is 1.50. The number of aromatic amines is 1. The Bertz CT molecular complexity index is 1290. The van der Waals surface area contributed by atoms with Gasteiger partial charge in [0, 0.05) is 25.4 Å². The van der Waals surface area contributed by atoms with Gasteiger partial charge >= 0.3 is 11.7 Å². The quantitative estimate of drug-likeness (QED) is 0.555. The molecular formula is C18H17N5O4. The van der Waals surface area contributed by atoms with E-state index in [2.05, 4.69) is 9.97 Å². The van der Waals surface area contributed by atoms with Gasteiger partial charge in [-0.15, -0.1) is 0 Å². The first-order valence-electron chi connectivity index (χ1n) is 8.34. The molecule has 27 heavy (non-hydrogen) atoms. The first-order chi connectivity index (χ1) is 12.9. The molecule has 0 fully saturated rings. The summed E-state index contributed by atoms with van der Waals surface area (Å²) in [5.74, 6) is -0.701. The van der Waals surface area contributed by atoms with Crippen LogP contribution < -0.4 is 11.2 Å². The SMILES string of the molecule is Cc1cn2c3c(=O)[nH]c(=O)n(C)c3nc2n1[C@H](Cc1ccccc1)C(=O)O. The van der Waals surface area contributed by atoms with E-state index in [1.807, 2.05) is 30.3 Å². The van der Waals surface area contributed by atoms with Gasteiger partial charge < -0.3 is 5.11 Å². The van der Waals surface area contributed by atoms with E-state index in [9.17, 15) is 19.5 Å². The highest BCUT2D eigenvalue weighted by Gasteiger charge is 2.26. The molecule has 4 rings (SSSR count). The molecule has 138 valence electrons. The first kappa shape index (κ1) is 16.8. The molecule has 0 aliphatic heterocycles. The molecule has 0 saturated carbocycles. The molecule has 0 saturated heterocycles. The number of hydrogen-bond acceptors (Lipinski definition) is 4. The van der Waals surface area contributed by atoms with E-state index in [1.165, 1.54) is 16.0 Å². The van der Waals surface area contributed by atoms with Crippen molar-refractivity contribution in [2.45, 2.75) is 19.4 Å². The summed E-state index contributed by atoms with van der Waals surface area (Å²) >= 11 is 0. The molecule has 0 bridgehead atoms. The number of fused-ring (bicyclic) bond motifs is 3. The summed E-state index contributed by atoms with van der Waals surface area (Å²) in [6.07, 6.45) is 1.92. The van der Waals surface area contributed by atoms with Crippen molar-refractivity contribution in [3.63, 3.8) is 0 Å². The van der Waals surface area contributed by atoms with Crippen molar-refractivity contribution in [1.29, 1.82) is 0 Å². The van der Waals surface area contributed by atoms with Crippen LogP contribution in [0.3, 0.4) is 0 Å². The molecule has 0 spiro atoms. The van der Waals surface area contributed by atoms with Crippen LogP contribution in [0, 0.1) is 6.92 Å². The van der Waals surface area contributed by atoms with Gasteiger partial charge in [0.2, 0.25) is 5.78 Å². The number of benzene rings is 1. The lowest BCUT2D eigenvalue weighted by molar-refractivity contribution is -0.140. The number of carbonyl (C=O) groups is 1. The number of carboxylic acid groups (broad SMARTS) is 1. The van der Waals surface area contributed by atoms with E-state index in [0.717, 1.165) is 5.56 Å². The molecule has 0 unspecified atom stereocenters. The predicted molar refractivity (Wildman–Crippen MR) is 98.1 cm³/mol. The van der Waals surface area contributed by atoms with Crippen LogP contribution in [0.15, 0.2) is 46.1 Å². The second-order valence-electron chi connectivity index (χ2n) is 6.46. The summed E-state index contributed by atoms with van der Waals surface area (Å²) in [6.45, 7) is 1.76. The molecule has 0 aliphatic carbocycles. The molecule has 4 aromatic rings. The van der Waals surface area contributed by atoms with Gasteiger partial charge in [0.05, 0.1) is 0 Å². The molecular weight excluding hydrogens is 350 g/mol. The summed E-state index contributed by atoms with van der Waals surface area (Å²) in [6, 6.07) is 8.40. The normalized spacial score (nSPS) is 12.7. The number of H-pyrrole nitrogens is 1. The Kier molecular flexibility index (Phi) is 3.72. The van der Waals surface area contributed by atoms with E-state index in [0.29, 0.717) is 11.5 Å². The van der Waals surface area contributed by atoms with Crippen molar-refractivity contribution in [3.05, 3.63) is 68.6 Å². The Morgan fingerprint density at radius 2 is 1.96 bits per heavy atom. The Hall–Kier alpha value is -3.62. The van der Waals surface area contributed by atoms with E-state index in [4.69, 9.17) is 0 Å². The zero-order valence-electron chi connectivity index (χ0n) is 14.7. The smallest absolute Gasteiger partial charge is 0.329 e. The fourth-order valence-electron chi connectivity index (χ4n) is 3.40. The van der Waals surface area contributed by atoms with Gasteiger partial charge in [0.15, 0.2) is 11.2 Å². The number of carboxylic acids is 1. The van der Waals surface area contributed by atoms with Crippen LogP contribution in [0.1, 0.15) is 17.3 Å². The molecule has 2 N–H and O–H groups in total. The minimum atomic E-state index is -1.00. The standard InChI is InChI=1S/C18H17N5O4/c1-10-9-22-13-14(21(2)18(27)20-15(13)24)19-17(22)23(10)12(16(25)26)8-11-6-4-3-5-7-11/h3-7,9,12H,8H2,1-2H3,(H,25,26)(H,20,24,27)/t12-/m1/s1. The number of nitrogens with zero attached hydrogens (tertiary/aromatic N) is 4. The van der Waals surface area contributed by atoms with Crippen molar-refractivity contribution in [3.8, 4) is 0 Å². The van der Waals surface area contributed by atoms with E-state index in [-0.39, 0.29) is 17.6 Å². The van der Waals surface area contributed by atoms with Crippen molar-refractivity contribution >= 4 is 22.9 Å². The van der Waals surface area contributed by atoms with Crippen LogP contribution in [-0.4, -0.2) is 34.6 Å². The second-order valence-corrected chi connectivity index (χ2v) is 6.46. The molecule has 0 radical (unpaired) electrons. The van der Waals surface area contributed by atoms with Crippen molar-refractivity contribution in [2.75, 3.05) is 0 Å². The van der Waals surface area contributed by atoms with Crippen molar-refractivity contribution in [1.82, 2.24) is 23.5 Å². The highest BCUT2D eigenvalue weighted by atomic mass is 16.4. The minimum absolute atomic E-state index is 0.205. The number of hydrogen-bond donors (Lipinski definition) is 2. The highest BCUT2D eigenvalue weighted by Crippen LogP contribution is 2.23. The van der Waals surface area contributed by atoms with Gasteiger partial charge in [-0.3, -0.25) is 23.3 Å². The van der Waals surface area contributed by atoms with Crippen molar-refractivity contribution < 1.29 is 9.90 Å². The largest absolute Gasteiger partial charge is 0.480 e. The fraction of sp³-hybridized carbons (Fsp3) is 0.222. The van der Waals surface area contributed by atoms with Gasteiger partial charge in [-0.2, -0.15) is 4.98 Å². The molecule has 0 amide bonds. The van der Waals surface area contributed by atoms with Gasteiger partial charge in [-0.1, -0.05) is 30.3 Å². The van der Waals surface area contributed by atoms with E-state index in [1.54, 1.807) is 17.7 Å². The average Bonchev–Trinajstić information content (AvgIpc) is 3.13. The maximum atomic E-state index is 12.3. The van der Waals surface area contributed by atoms with Crippen LogP contribution in [0.2, 0.25) is 0 Å². The molecule has 0 aliphatic rings. The van der Waals surface area contributed by atoms with Crippen LogP contribution in [-0.2, 0) is 18.3 Å². The summed E-state index contributed by atoms with van der Waals surface area (Å²) in [4.78, 5) is 42.8. The summed E-state index contributed by atoms with van der Waals surface area (Å²) < 4.78 is 4.35. The maximum Gasteiger partial charge on any atom is 0.329 e. The highest BCUT2D eigenvalue weighted by molar-refractivity contribution is 5.78. The maximum absolute atomic E-state index is 12.3. The van der Waals surface area contributed by atoms with Gasteiger partial charge in [-0.05, 0) is 12.5 Å². The monoisotopic (exact) mass is 367 g/mol. The predicted octanol–water partition coefficient (Wildman–Crippen LogP) is 0.853. The Morgan fingerprint density at radius 1 is 1.26 bits per heavy atom. The van der Waals surface area contributed by atoms with Crippen LogP contribution in [0.25, 0.3) is 16.9 Å². The fourth-order valence-corrected chi connectivity index (χ4v) is 3.40. The molecule has 3 aromatic heterocycles. The third-order valence-electron chi connectivity index (χ3n) is 4.71. The number of aliphatic carboxylic acids is 1. The number of aryl methyl sites for hydroxylation is 2. The number of aromatic nitrogens is 5. The number of imidazole rings is 2. The Labute approximate surface area is 152 Å². The van der Waals surface area contributed by atoms with Gasteiger partial charge in [0.1, 0.15) is 6.04 Å². The second kappa shape index (κ2) is 5.97. The third kappa shape index (κ3) is 2.55. The summed E-state index contributed by atoms with van der Waals surface area (Å²) in [5.41, 5.74) is 0.797. The number of nitrogens with one attached hydrogen (secondary N) is 1. The minimum Gasteiger partial charge on any atom is -0.480 e. The van der Waals surface area contributed by atoms with Crippen molar-refractivity contribution in [2.24, 2.45) is 7.05 Å². The van der Waals surface area contributed by atoms with Gasteiger partial charge in [-0.25, -0.2) is 9.59 Å². The van der Waals surface area contributed by atoms with Crippen LogP contribution >= 0.6 is 0 Å². The Morgan fingerprint density at radius 3 is 2.63 bits per heavy atom. The molecule has 9 nitrogen and oxygen atoms in total. The zero-order valence-corrected chi connectivity index (χ0v) is 14.7. The molecule has 1 aromatic carbocycles. The van der Waals surface area contributed by atoms with E-state index >= 15 is 0 Å². The third-order valence-corrected chi connectivity index (χ3v) is 4.71. The molecule has 1 atom stereocenters. The lowest BCUT2D eigenvalue weighted by Gasteiger charge is -2.16. The first-order valence-corrected chi connectivity index (χ1v) is 8.34. The average molecular weight is 367 g/mol. The summed E-state index contributed by atoms with van der Waals surface area (Å²) in [5, 5.41) is 9.84. The lowest BCUT2D eigenvalue weighted by Crippen LogP contribution is -2.28. The zero-order chi connectivity index (χ0) is 19.3. The van der Waals surface area contributed by atoms with Crippen LogP contribution in [0.5, 0.6) is 0 Å². The Balaban J connectivity index is 1.99. The van der Waals surface area contributed by atoms with Gasteiger partial charge in [0.25, 0.3) is 5.56 Å². The number of rotatable bonds is 4. The van der Waals surface area contributed by atoms with E-state index < -0.39 is 23.3 Å². The van der Waals surface area contributed by atoms with Crippen LogP contribution in [0.4, 0.5) is 0 Å².